The largest absolute Gasteiger partial charge is 0.456 e. The highest BCUT2D eigenvalue weighted by atomic mass is 16.3. The van der Waals surface area contributed by atoms with E-state index in [1.165, 1.54) is 38.5 Å². The Hall–Kier alpha value is -9.59. The Morgan fingerprint density at radius 2 is 0.863 bits per heavy atom. The number of rotatable bonds is 5. The van der Waals surface area contributed by atoms with Gasteiger partial charge in [0.2, 0.25) is 0 Å². The standard InChI is InChI=1S/C66H40N4O3/c1-66(2)52-19-9-6-15-42(52)48-36-55-50(35-53(48)66)49-31-37(25-29-54(49)70(55)41-13-4-3-5-14-41)38-26-30-58-51(32-38)62-47(18-12-22-59(62)71-58)65-68-63(39-23-27-45-43-16-7-10-20-56(43)72-60(45)33-39)67-64(69-65)40-24-28-46-44-17-8-11-21-57(44)73-61(46)34-40/h3-36H,1-2H3. The summed E-state index contributed by atoms with van der Waals surface area (Å²) in [6, 6.07) is 72.6. The van der Waals surface area contributed by atoms with Gasteiger partial charge in [0.05, 0.1) is 11.0 Å². The van der Waals surface area contributed by atoms with Crippen LogP contribution >= 0.6 is 0 Å². The van der Waals surface area contributed by atoms with Gasteiger partial charge in [0.25, 0.3) is 0 Å². The maximum Gasteiger partial charge on any atom is 0.164 e. The number of nitrogens with zero attached hydrogens (tertiary/aromatic N) is 4. The summed E-state index contributed by atoms with van der Waals surface area (Å²) < 4.78 is 21.8. The van der Waals surface area contributed by atoms with Crippen LogP contribution in [0.15, 0.2) is 220 Å². The molecule has 0 aliphatic heterocycles. The molecular formula is C66H40N4O3. The Balaban J connectivity index is 0.881. The fraction of sp³-hybridized carbons (Fsp3) is 0.0455. The van der Waals surface area contributed by atoms with Crippen molar-refractivity contribution in [2.75, 3.05) is 0 Å². The van der Waals surface area contributed by atoms with E-state index in [-0.39, 0.29) is 5.41 Å². The highest BCUT2D eigenvalue weighted by Gasteiger charge is 2.36. The van der Waals surface area contributed by atoms with Gasteiger partial charge in [-0.15, -0.1) is 0 Å². The Morgan fingerprint density at radius 1 is 0.329 bits per heavy atom. The molecule has 0 saturated heterocycles. The predicted molar refractivity (Wildman–Crippen MR) is 295 cm³/mol. The summed E-state index contributed by atoms with van der Waals surface area (Å²) in [6.45, 7) is 4.70. The Morgan fingerprint density at radius 3 is 1.59 bits per heavy atom. The van der Waals surface area contributed by atoms with Crippen LogP contribution in [-0.4, -0.2) is 19.5 Å². The minimum absolute atomic E-state index is 0.131. The van der Waals surface area contributed by atoms with Gasteiger partial charge in [0.1, 0.15) is 33.5 Å². The third kappa shape index (κ3) is 5.84. The maximum absolute atomic E-state index is 6.66. The molecule has 0 saturated carbocycles. The van der Waals surface area contributed by atoms with Crippen LogP contribution in [0.3, 0.4) is 0 Å². The summed E-state index contributed by atoms with van der Waals surface area (Å²) >= 11 is 0. The van der Waals surface area contributed by atoms with Crippen molar-refractivity contribution >= 4 is 87.6 Å². The van der Waals surface area contributed by atoms with E-state index in [0.29, 0.717) is 17.5 Å². The fourth-order valence-corrected chi connectivity index (χ4v) is 11.9. The van der Waals surface area contributed by atoms with Gasteiger partial charge in [-0.2, -0.15) is 0 Å². The summed E-state index contributed by atoms with van der Waals surface area (Å²) in [4.78, 5) is 15.7. The SMILES string of the molecule is CC1(C)c2ccccc2-c2cc3c(cc21)c1cc(-c2ccc4oc5cccc(-c6nc(-c7ccc8c(c7)oc7ccccc78)nc(-c7ccc8c(c7)oc7ccccc78)n6)c5c4c2)ccc1n3-c1ccccc1. The van der Waals surface area contributed by atoms with Gasteiger partial charge in [-0.3, -0.25) is 0 Å². The van der Waals surface area contributed by atoms with Crippen LogP contribution in [0.4, 0.5) is 0 Å². The van der Waals surface area contributed by atoms with Gasteiger partial charge < -0.3 is 17.8 Å². The molecular weight excluding hydrogens is 897 g/mol. The van der Waals surface area contributed by atoms with Crippen molar-refractivity contribution in [2.24, 2.45) is 0 Å². The quantitative estimate of drug-likeness (QED) is 0.171. The van der Waals surface area contributed by atoms with Crippen LogP contribution in [0.2, 0.25) is 0 Å². The minimum Gasteiger partial charge on any atom is -0.456 e. The molecule has 0 spiro atoms. The zero-order chi connectivity index (χ0) is 48.1. The average molecular weight is 937 g/mol. The highest BCUT2D eigenvalue weighted by Crippen LogP contribution is 2.51. The van der Waals surface area contributed by atoms with Crippen molar-refractivity contribution in [1.29, 1.82) is 0 Å². The van der Waals surface area contributed by atoms with Gasteiger partial charge >= 0.3 is 0 Å². The molecule has 10 aromatic carbocycles. The molecule has 0 bridgehead atoms. The van der Waals surface area contributed by atoms with Crippen molar-refractivity contribution in [1.82, 2.24) is 19.5 Å². The van der Waals surface area contributed by atoms with E-state index in [4.69, 9.17) is 28.2 Å². The second-order valence-corrected chi connectivity index (χ2v) is 19.9. The molecule has 73 heavy (non-hydrogen) atoms. The van der Waals surface area contributed by atoms with Gasteiger partial charge in [-0.1, -0.05) is 129 Å². The third-order valence-corrected chi connectivity index (χ3v) is 15.5. The molecule has 5 heterocycles. The summed E-state index contributed by atoms with van der Waals surface area (Å²) in [5.41, 5.74) is 18.1. The molecule has 5 aromatic heterocycles. The topological polar surface area (TPSA) is 83.0 Å². The van der Waals surface area contributed by atoms with Crippen LogP contribution < -0.4 is 0 Å². The van der Waals surface area contributed by atoms with Crippen LogP contribution in [-0.2, 0) is 5.41 Å². The van der Waals surface area contributed by atoms with E-state index >= 15 is 0 Å². The zero-order valence-electron chi connectivity index (χ0n) is 39.6. The van der Waals surface area contributed by atoms with Crippen molar-refractivity contribution in [3.05, 3.63) is 217 Å². The molecule has 16 rings (SSSR count). The summed E-state index contributed by atoms with van der Waals surface area (Å²) in [5.74, 6) is 1.58. The van der Waals surface area contributed by atoms with Crippen LogP contribution in [0.1, 0.15) is 25.0 Å². The van der Waals surface area contributed by atoms with E-state index in [0.717, 1.165) is 105 Å². The number of para-hydroxylation sites is 3. The highest BCUT2D eigenvalue weighted by molar-refractivity contribution is 6.15. The molecule has 342 valence electrons. The lowest BCUT2D eigenvalue weighted by Crippen LogP contribution is -2.14. The second kappa shape index (κ2) is 14.7. The van der Waals surface area contributed by atoms with E-state index < -0.39 is 0 Å². The zero-order valence-corrected chi connectivity index (χ0v) is 39.6. The predicted octanol–water partition coefficient (Wildman–Crippen LogP) is 17.6. The molecule has 0 atom stereocenters. The first-order chi connectivity index (χ1) is 35.9. The summed E-state index contributed by atoms with van der Waals surface area (Å²) in [7, 11) is 0. The Bertz CT molecular complexity index is 4710. The number of aromatic nitrogens is 4. The van der Waals surface area contributed by atoms with Gasteiger partial charge in [-0.25, -0.2) is 15.0 Å². The maximum atomic E-state index is 6.66. The lowest BCUT2D eigenvalue weighted by molar-refractivity contribution is 0.661. The lowest BCUT2D eigenvalue weighted by atomic mass is 9.82. The molecule has 1 aliphatic carbocycles. The average Bonchev–Trinajstić information content (AvgIpc) is 4.25. The number of furan rings is 3. The van der Waals surface area contributed by atoms with Crippen molar-refractivity contribution in [2.45, 2.75) is 19.3 Å². The molecule has 0 unspecified atom stereocenters. The first-order valence-corrected chi connectivity index (χ1v) is 24.7. The van der Waals surface area contributed by atoms with E-state index in [2.05, 4.69) is 164 Å². The molecule has 0 fully saturated rings. The van der Waals surface area contributed by atoms with E-state index in [1.807, 2.05) is 60.7 Å². The fourth-order valence-electron chi connectivity index (χ4n) is 11.9. The van der Waals surface area contributed by atoms with Crippen molar-refractivity contribution in [3.8, 4) is 62.1 Å². The van der Waals surface area contributed by atoms with E-state index in [1.54, 1.807) is 0 Å². The molecule has 7 nitrogen and oxygen atoms in total. The molecule has 1 aliphatic rings. The monoisotopic (exact) mass is 936 g/mol. The smallest absolute Gasteiger partial charge is 0.164 e. The van der Waals surface area contributed by atoms with Gasteiger partial charge in [-0.05, 0) is 124 Å². The lowest BCUT2D eigenvalue weighted by Gasteiger charge is -2.21. The molecule has 7 heteroatoms. The molecule has 0 radical (unpaired) electrons. The van der Waals surface area contributed by atoms with Crippen LogP contribution in [0.5, 0.6) is 0 Å². The number of fused-ring (bicyclic) bond motifs is 15. The number of benzene rings is 10. The van der Waals surface area contributed by atoms with E-state index in [9.17, 15) is 0 Å². The third-order valence-electron chi connectivity index (χ3n) is 15.5. The Labute approximate surface area is 417 Å². The van der Waals surface area contributed by atoms with Crippen LogP contribution in [0.25, 0.3) is 150 Å². The van der Waals surface area contributed by atoms with Gasteiger partial charge in [0.15, 0.2) is 17.5 Å². The second-order valence-electron chi connectivity index (χ2n) is 19.9. The first-order valence-electron chi connectivity index (χ1n) is 24.7. The first kappa shape index (κ1) is 40.2. The minimum atomic E-state index is -0.131. The summed E-state index contributed by atoms with van der Waals surface area (Å²) in [6.07, 6.45) is 0. The molecule has 0 amide bonds. The van der Waals surface area contributed by atoms with Gasteiger partial charge in [0, 0.05) is 70.9 Å². The number of hydrogen-bond acceptors (Lipinski definition) is 6. The van der Waals surface area contributed by atoms with Crippen LogP contribution in [0, 0.1) is 0 Å². The number of hydrogen-bond donors (Lipinski definition) is 0. The normalized spacial score (nSPS) is 13.2. The Kier molecular flexibility index (Phi) is 8.11. The van der Waals surface area contributed by atoms with Crippen molar-refractivity contribution < 1.29 is 13.3 Å². The summed E-state index contributed by atoms with van der Waals surface area (Å²) in [5, 5.41) is 8.55. The molecule has 15 aromatic rings. The molecule has 0 N–H and O–H groups in total. The van der Waals surface area contributed by atoms with Crippen molar-refractivity contribution in [3.63, 3.8) is 0 Å².